The van der Waals surface area contributed by atoms with E-state index in [-0.39, 0.29) is 21.2 Å². The van der Waals surface area contributed by atoms with Crippen molar-refractivity contribution in [3.63, 3.8) is 0 Å². The summed E-state index contributed by atoms with van der Waals surface area (Å²) in [5, 5.41) is 16.7. The number of aromatic nitrogens is 2. The van der Waals surface area contributed by atoms with Gasteiger partial charge in [0.15, 0.2) is 8.32 Å². The van der Waals surface area contributed by atoms with E-state index < -0.39 is 13.2 Å². The van der Waals surface area contributed by atoms with Gasteiger partial charge in [0.05, 0.1) is 10.4 Å². The molecule has 0 aliphatic heterocycles. The Kier molecular flexibility index (Phi) is 4.70. The lowest BCUT2D eigenvalue weighted by Crippen LogP contribution is -2.42. The van der Waals surface area contributed by atoms with Gasteiger partial charge in [-0.1, -0.05) is 32.4 Å². The van der Waals surface area contributed by atoms with Crippen LogP contribution in [0.3, 0.4) is 0 Å². The minimum atomic E-state index is -1.77. The molecule has 1 fully saturated rings. The molecule has 8 heteroatoms. The molecule has 1 aliphatic carbocycles. The van der Waals surface area contributed by atoms with Crippen molar-refractivity contribution in [2.75, 3.05) is 6.61 Å². The molecule has 1 aliphatic rings. The maximum Gasteiger partial charge on any atom is 0.288 e. The van der Waals surface area contributed by atoms with Crippen LogP contribution in [-0.2, 0) is 11.0 Å². The molecule has 0 atom stereocenters. The van der Waals surface area contributed by atoms with Crippen molar-refractivity contribution < 1.29 is 9.35 Å². The number of hydrogen-bond acceptors (Lipinski definition) is 4. The smallest absolute Gasteiger partial charge is 0.288 e. The molecule has 1 heterocycles. The molecule has 1 aromatic carbocycles. The summed E-state index contributed by atoms with van der Waals surface area (Å²) in [5.74, 6) is 0. The van der Waals surface area contributed by atoms with Crippen molar-refractivity contribution >= 4 is 36.5 Å². The predicted molar refractivity (Wildman–Crippen MR) is 106 cm³/mol. The Morgan fingerprint density at radius 3 is 2.58 bits per heavy atom. The first kappa shape index (κ1) is 19.3. The molecule has 1 saturated carbocycles. The molecule has 3 rings (SSSR count). The number of hydrogen-bond donors (Lipinski definition) is 0. The monoisotopic (exact) mass is 395 g/mol. The molecule has 0 radical (unpaired) electrons. The first-order valence-corrected chi connectivity index (χ1v) is 12.2. The van der Waals surface area contributed by atoms with Gasteiger partial charge < -0.3 is 4.43 Å². The Labute approximate surface area is 159 Å². The van der Waals surface area contributed by atoms with Gasteiger partial charge in [-0.15, -0.1) is 0 Å². The van der Waals surface area contributed by atoms with E-state index in [1.807, 2.05) is 10.9 Å². The van der Waals surface area contributed by atoms with Crippen molar-refractivity contribution in [1.29, 1.82) is 0 Å². The predicted octanol–water partition coefficient (Wildman–Crippen LogP) is 5.40. The molecule has 0 amide bonds. The normalized spacial score (nSPS) is 16.8. The average molecular weight is 396 g/mol. The van der Waals surface area contributed by atoms with E-state index in [1.54, 1.807) is 6.07 Å². The highest BCUT2D eigenvalue weighted by molar-refractivity contribution is 6.74. The molecule has 26 heavy (non-hydrogen) atoms. The quantitative estimate of drug-likeness (QED) is 0.373. The molecule has 142 valence electrons. The third-order valence-corrected chi connectivity index (χ3v) is 10.6. The number of nitro groups is 1. The highest BCUT2D eigenvalue weighted by Crippen LogP contribution is 2.49. The minimum absolute atomic E-state index is 0.0823. The first-order chi connectivity index (χ1) is 11.9. The van der Waals surface area contributed by atoms with Gasteiger partial charge >= 0.3 is 0 Å². The van der Waals surface area contributed by atoms with Crippen molar-refractivity contribution in [2.24, 2.45) is 5.41 Å². The molecular weight excluding hydrogens is 370 g/mol. The summed E-state index contributed by atoms with van der Waals surface area (Å²) in [4.78, 5) is 10.6. The summed E-state index contributed by atoms with van der Waals surface area (Å²) in [5.41, 5.74) is 0.732. The van der Waals surface area contributed by atoms with Crippen molar-refractivity contribution in [1.82, 2.24) is 9.78 Å². The summed E-state index contributed by atoms with van der Waals surface area (Å²) in [6.07, 6.45) is 4.11. The SMILES string of the molecule is CC(C)(C)[Si](C)(C)OCC1(Cn2cc3cc([N+](=O)[O-])c(Cl)cc3n2)CC1. The summed E-state index contributed by atoms with van der Waals surface area (Å²) in [6.45, 7) is 12.8. The molecule has 0 unspecified atom stereocenters. The number of halogens is 1. The van der Waals surface area contributed by atoms with E-state index >= 15 is 0 Å². The molecule has 0 spiro atoms. The van der Waals surface area contributed by atoms with Gasteiger partial charge in [0.2, 0.25) is 0 Å². The van der Waals surface area contributed by atoms with E-state index in [4.69, 9.17) is 16.0 Å². The third kappa shape index (κ3) is 3.79. The molecule has 0 N–H and O–H groups in total. The minimum Gasteiger partial charge on any atom is -0.416 e. The van der Waals surface area contributed by atoms with Gasteiger partial charge in [-0.3, -0.25) is 14.8 Å². The second-order valence-corrected chi connectivity index (χ2v) is 14.2. The fourth-order valence-corrected chi connectivity index (χ4v) is 4.05. The molecule has 0 bridgehead atoms. The number of fused-ring (bicyclic) bond motifs is 1. The average Bonchev–Trinajstić information content (AvgIpc) is 3.15. The van der Waals surface area contributed by atoms with Crippen LogP contribution >= 0.6 is 11.6 Å². The molecule has 6 nitrogen and oxygen atoms in total. The van der Waals surface area contributed by atoms with Crippen LogP contribution in [0.15, 0.2) is 18.3 Å². The van der Waals surface area contributed by atoms with Crippen LogP contribution in [0.5, 0.6) is 0 Å². The Morgan fingerprint density at radius 2 is 2.04 bits per heavy atom. The van der Waals surface area contributed by atoms with Crippen molar-refractivity contribution in [3.8, 4) is 0 Å². The van der Waals surface area contributed by atoms with Crippen LogP contribution in [0.4, 0.5) is 5.69 Å². The number of rotatable bonds is 6. The van der Waals surface area contributed by atoms with Crippen LogP contribution in [0.1, 0.15) is 33.6 Å². The highest BCUT2D eigenvalue weighted by Gasteiger charge is 2.46. The first-order valence-electron chi connectivity index (χ1n) is 8.88. The standard InChI is InChI=1S/C18H26ClN3O3Si/c1-17(2,3)26(4,5)25-12-18(6-7-18)11-21-10-13-8-16(22(23)24)14(19)9-15(13)20-21/h8-10H,6-7,11-12H2,1-5H3. The zero-order chi connectivity index (χ0) is 19.3. The van der Waals surface area contributed by atoms with E-state index in [9.17, 15) is 10.1 Å². The van der Waals surface area contributed by atoms with Gasteiger partial charge in [0.25, 0.3) is 5.69 Å². The zero-order valence-corrected chi connectivity index (χ0v) is 17.8. The van der Waals surface area contributed by atoms with E-state index in [1.165, 1.54) is 6.07 Å². The Bertz CT molecular complexity index is 853. The Morgan fingerprint density at radius 1 is 1.38 bits per heavy atom. The summed E-state index contributed by atoms with van der Waals surface area (Å²) < 4.78 is 8.31. The maximum absolute atomic E-state index is 11.1. The van der Waals surface area contributed by atoms with Crippen molar-refractivity contribution in [3.05, 3.63) is 33.5 Å². The lowest BCUT2D eigenvalue weighted by Gasteiger charge is -2.37. The lowest BCUT2D eigenvalue weighted by atomic mass is 10.1. The summed E-state index contributed by atoms with van der Waals surface area (Å²) >= 11 is 5.99. The fraction of sp³-hybridized carbons (Fsp3) is 0.611. The summed E-state index contributed by atoms with van der Waals surface area (Å²) in [7, 11) is -1.77. The van der Waals surface area contributed by atoms with E-state index in [0.29, 0.717) is 5.52 Å². The molecule has 0 saturated heterocycles. The Hall–Kier alpha value is -1.44. The largest absolute Gasteiger partial charge is 0.416 e. The zero-order valence-electron chi connectivity index (χ0n) is 16.0. The van der Waals surface area contributed by atoms with E-state index in [2.05, 4.69) is 39.0 Å². The van der Waals surface area contributed by atoms with Crippen molar-refractivity contribution in [2.45, 2.75) is 58.3 Å². The van der Waals surface area contributed by atoms with Gasteiger partial charge in [0.1, 0.15) is 5.02 Å². The third-order valence-electron chi connectivity index (χ3n) is 5.82. The molecular formula is C18H26ClN3O3Si. The lowest BCUT2D eigenvalue weighted by molar-refractivity contribution is -0.384. The molecule has 2 aromatic rings. The van der Waals surface area contributed by atoms with Crippen LogP contribution in [0.25, 0.3) is 10.9 Å². The van der Waals surface area contributed by atoms with Gasteiger partial charge in [-0.05, 0) is 37.0 Å². The van der Waals surface area contributed by atoms with E-state index in [0.717, 1.165) is 31.4 Å². The second kappa shape index (κ2) is 6.32. The van der Waals surface area contributed by atoms with Crippen LogP contribution in [-0.4, -0.2) is 29.6 Å². The van der Waals surface area contributed by atoms with Gasteiger partial charge in [-0.2, -0.15) is 5.10 Å². The maximum atomic E-state index is 11.1. The number of benzene rings is 1. The summed E-state index contributed by atoms with van der Waals surface area (Å²) in [6, 6.07) is 3.06. The number of nitro benzene ring substituents is 1. The topological polar surface area (TPSA) is 70.2 Å². The van der Waals surface area contributed by atoms with Crippen LogP contribution in [0, 0.1) is 15.5 Å². The second-order valence-electron chi connectivity index (χ2n) is 9.00. The number of nitrogens with zero attached hydrogens (tertiary/aromatic N) is 3. The van der Waals surface area contributed by atoms with Gasteiger partial charge in [0, 0.05) is 36.2 Å². The van der Waals surface area contributed by atoms with Crippen LogP contribution in [0.2, 0.25) is 23.2 Å². The Balaban J connectivity index is 1.75. The van der Waals surface area contributed by atoms with Gasteiger partial charge in [-0.25, -0.2) is 0 Å². The highest BCUT2D eigenvalue weighted by atomic mass is 35.5. The fourth-order valence-electron chi connectivity index (χ4n) is 2.72. The molecule has 1 aromatic heterocycles. The van der Waals surface area contributed by atoms with Crippen LogP contribution < -0.4 is 0 Å².